The van der Waals surface area contributed by atoms with Crippen LogP contribution in [0.25, 0.3) is 0 Å². The van der Waals surface area contributed by atoms with Crippen molar-refractivity contribution in [2.45, 2.75) is 25.7 Å². The van der Waals surface area contributed by atoms with Crippen molar-refractivity contribution in [3.8, 4) is 5.75 Å². The Morgan fingerprint density at radius 1 is 0.968 bits per heavy atom. The second kappa shape index (κ2) is 9.22. The molecule has 3 rings (SSSR count). The first-order chi connectivity index (χ1) is 14.7. The highest BCUT2D eigenvalue weighted by Crippen LogP contribution is 2.27. The van der Waals surface area contributed by atoms with E-state index in [4.69, 9.17) is 4.74 Å². The van der Waals surface area contributed by atoms with Crippen LogP contribution in [0.2, 0.25) is 0 Å². The number of anilines is 2. The molecule has 0 fully saturated rings. The first-order valence-corrected chi connectivity index (χ1v) is 11.4. The van der Waals surface area contributed by atoms with Crippen molar-refractivity contribution < 1.29 is 17.9 Å². The second-order valence-electron chi connectivity index (χ2n) is 7.20. The monoisotopic (exact) mass is 438 g/mol. The fraction of sp³-hybridized carbons (Fsp3) is 0.208. The Balaban J connectivity index is 1.78. The van der Waals surface area contributed by atoms with Crippen molar-refractivity contribution in [1.29, 1.82) is 0 Å². The molecule has 0 bridgehead atoms. The van der Waals surface area contributed by atoms with Crippen molar-refractivity contribution in [1.82, 2.24) is 0 Å². The number of nitrogens with one attached hydrogen (secondary N) is 1. The number of carbonyl (C=O) groups excluding carboxylic acids is 1. The van der Waals surface area contributed by atoms with Crippen LogP contribution in [-0.2, 0) is 10.0 Å². The third kappa shape index (κ3) is 5.06. The molecule has 1 N–H and O–H groups in total. The molecule has 6 nitrogen and oxygen atoms in total. The largest absolute Gasteiger partial charge is 0.494 e. The van der Waals surface area contributed by atoms with Gasteiger partial charge in [0.25, 0.3) is 15.9 Å². The molecule has 0 saturated heterocycles. The highest BCUT2D eigenvalue weighted by Gasteiger charge is 2.23. The van der Waals surface area contributed by atoms with E-state index in [9.17, 15) is 13.2 Å². The van der Waals surface area contributed by atoms with Crippen molar-refractivity contribution in [2.75, 3.05) is 23.3 Å². The molecule has 0 saturated carbocycles. The summed E-state index contributed by atoms with van der Waals surface area (Å²) in [6.45, 7) is 6.17. The van der Waals surface area contributed by atoms with Crippen LogP contribution in [0.5, 0.6) is 5.75 Å². The van der Waals surface area contributed by atoms with E-state index >= 15 is 0 Å². The molecular weight excluding hydrogens is 412 g/mol. The van der Waals surface area contributed by atoms with Crippen molar-refractivity contribution in [2.24, 2.45) is 0 Å². The van der Waals surface area contributed by atoms with Gasteiger partial charge in [-0.15, -0.1) is 0 Å². The van der Waals surface area contributed by atoms with E-state index in [2.05, 4.69) is 5.32 Å². The lowest BCUT2D eigenvalue weighted by Gasteiger charge is -2.22. The molecule has 31 heavy (non-hydrogen) atoms. The van der Waals surface area contributed by atoms with E-state index in [0.29, 0.717) is 29.1 Å². The lowest BCUT2D eigenvalue weighted by atomic mass is 10.1. The Morgan fingerprint density at radius 3 is 2.19 bits per heavy atom. The Labute approximate surface area is 183 Å². The van der Waals surface area contributed by atoms with E-state index in [1.807, 2.05) is 13.8 Å². The van der Waals surface area contributed by atoms with Crippen LogP contribution < -0.4 is 14.4 Å². The third-order valence-electron chi connectivity index (χ3n) is 4.90. The Bertz CT molecular complexity index is 1170. The summed E-state index contributed by atoms with van der Waals surface area (Å²) in [5.41, 5.74) is 3.27. The molecule has 0 aliphatic rings. The number of ether oxygens (including phenoxy) is 1. The minimum atomic E-state index is -3.70. The Kier molecular flexibility index (Phi) is 6.65. The first kappa shape index (κ1) is 22.4. The number of aryl methyl sites for hydroxylation is 2. The molecule has 1 amide bonds. The number of hydrogen-bond donors (Lipinski definition) is 1. The normalized spacial score (nSPS) is 11.1. The predicted molar refractivity (Wildman–Crippen MR) is 124 cm³/mol. The van der Waals surface area contributed by atoms with Gasteiger partial charge >= 0.3 is 0 Å². The number of carbonyl (C=O) groups is 1. The van der Waals surface area contributed by atoms with Crippen molar-refractivity contribution >= 4 is 27.3 Å². The minimum absolute atomic E-state index is 0.220. The molecule has 3 aromatic carbocycles. The standard InChI is InChI=1S/C24H26N2O4S/c1-5-30-21-11-9-20(10-12-21)25-24(27)19-8-15-23(18(3)16-19)26(4)31(28,29)22-13-6-17(2)7-14-22/h6-16H,5H2,1-4H3,(H,25,27). The average molecular weight is 439 g/mol. The highest BCUT2D eigenvalue weighted by atomic mass is 32.2. The summed E-state index contributed by atoms with van der Waals surface area (Å²) in [6.07, 6.45) is 0. The molecule has 0 aromatic heterocycles. The smallest absolute Gasteiger partial charge is 0.264 e. The molecule has 0 unspecified atom stereocenters. The van der Waals surface area contributed by atoms with Crippen LogP contribution in [0.3, 0.4) is 0 Å². The summed E-state index contributed by atoms with van der Waals surface area (Å²) in [5, 5.41) is 2.84. The van der Waals surface area contributed by atoms with E-state index in [1.54, 1.807) is 73.7 Å². The zero-order chi connectivity index (χ0) is 22.6. The lowest BCUT2D eigenvalue weighted by molar-refractivity contribution is 0.102. The van der Waals surface area contributed by atoms with Crippen LogP contribution in [0.1, 0.15) is 28.4 Å². The number of benzene rings is 3. The van der Waals surface area contributed by atoms with E-state index in [-0.39, 0.29) is 10.8 Å². The van der Waals surface area contributed by atoms with E-state index in [1.165, 1.54) is 11.4 Å². The molecule has 162 valence electrons. The van der Waals surface area contributed by atoms with E-state index < -0.39 is 10.0 Å². The van der Waals surface area contributed by atoms with Crippen LogP contribution in [-0.4, -0.2) is 28.0 Å². The molecule has 0 heterocycles. The molecule has 0 radical (unpaired) electrons. The third-order valence-corrected chi connectivity index (χ3v) is 6.69. The van der Waals surface area contributed by atoms with Gasteiger partial charge in [-0.25, -0.2) is 8.42 Å². The summed E-state index contributed by atoms with van der Waals surface area (Å²) in [7, 11) is -2.19. The number of amides is 1. The fourth-order valence-electron chi connectivity index (χ4n) is 3.15. The topological polar surface area (TPSA) is 75.7 Å². The summed E-state index contributed by atoms with van der Waals surface area (Å²) in [4.78, 5) is 12.9. The van der Waals surface area contributed by atoms with Gasteiger partial charge < -0.3 is 10.1 Å². The summed E-state index contributed by atoms with van der Waals surface area (Å²) < 4.78 is 32.6. The molecule has 3 aromatic rings. The SMILES string of the molecule is CCOc1ccc(NC(=O)c2ccc(N(C)S(=O)(=O)c3ccc(C)cc3)c(C)c2)cc1. The predicted octanol–water partition coefficient (Wildman–Crippen LogP) is 4.78. The second-order valence-corrected chi connectivity index (χ2v) is 9.17. The van der Waals surface area contributed by atoms with Gasteiger partial charge in [-0.05, 0) is 80.9 Å². The number of nitrogens with zero attached hydrogens (tertiary/aromatic N) is 1. The molecule has 0 atom stereocenters. The fourth-order valence-corrected chi connectivity index (χ4v) is 4.41. The van der Waals surface area contributed by atoms with Crippen LogP contribution >= 0.6 is 0 Å². The van der Waals surface area contributed by atoms with Crippen molar-refractivity contribution in [3.63, 3.8) is 0 Å². The molecule has 0 aliphatic heterocycles. The average Bonchev–Trinajstić information content (AvgIpc) is 2.75. The van der Waals surface area contributed by atoms with Gasteiger partial charge in [0.15, 0.2) is 0 Å². The lowest BCUT2D eigenvalue weighted by Crippen LogP contribution is -2.27. The van der Waals surface area contributed by atoms with Gasteiger partial charge in [0.1, 0.15) is 5.75 Å². The Morgan fingerprint density at radius 2 is 1.61 bits per heavy atom. The highest BCUT2D eigenvalue weighted by molar-refractivity contribution is 7.92. The van der Waals surface area contributed by atoms with Crippen molar-refractivity contribution in [3.05, 3.63) is 83.4 Å². The molecular formula is C24H26N2O4S. The van der Waals surface area contributed by atoms with Gasteiger partial charge in [0.05, 0.1) is 17.2 Å². The first-order valence-electron chi connectivity index (χ1n) is 9.93. The van der Waals surface area contributed by atoms with Gasteiger partial charge in [-0.3, -0.25) is 9.10 Å². The number of hydrogen-bond acceptors (Lipinski definition) is 4. The Hall–Kier alpha value is -3.32. The molecule has 7 heteroatoms. The van der Waals surface area contributed by atoms with E-state index in [0.717, 1.165) is 11.3 Å². The summed E-state index contributed by atoms with van der Waals surface area (Å²) >= 11 is 0. The minimum Gasteiger partial charge on any atom is -0.494 e. The zero-order valence-electron chi connectivity index (χ0n) is 18.0. The van der Waals surface area contributed by atoms with Gasteiger partial charge in [-0.1, -0.05) is 17.7 Å². The maximum atomic E-state index is 13.0. The number of sulfonamides is 1. The molecule has 0 spiro atoms. The quantitative estimate of drug-likeness (QED) is 0.576. The van der Waals surface area contributed by atoms with Gasteiger partial charge in [-0.2, -0.15) is 0 Å². The molecule has 0 aliphatic carbocycles. The maximum Gasteiger partial charge on any atom is 0.264 e. The van der Waals surface area contributed by atoms with Crippen LogP contribution in [0, 0.1) is 13.8 Å². The maximum absolute atomic E-state index is 13.0. The van der Waals surface area contributed by atoms with Crippen LogP contribution in [0.4, 0.5) is 11.4 Å². The summed E-state index contributed by atoms with van der Waals surface area (Å²) in [6, 6.07) is 18.8. The zero-order valence-corrected chi connectivity index (χ0v) is 18.9. The number of rotatable bonds is 7. The van der Waals surface area contributed by atoms with Crippen LogP contribution in [0.15, 0.2) is 71.6 Å². The summed E-state index contributed by atoms with van der Waals surface area (Å²) in [5.74, 6) is 0.460. The van der Waals surface area contributed by atoms with Gasteiger partial charge in [0.2, 0.25) is 0 Å². The van der Waals surface area contributed by atoms with Gasteiger partial charge in [0, 0.05) is 18.3 Å².